The number of aromatic nitrogens is 1. The van der Waals surface area contributed by atoms with E-state index in [1.54, 1.807) is 31.3 Å². The van der Waals surface area contributed by atoms with E-state index in [-0.39, 0.29) is 0 Å². The van der Waals surface area contributed by atoms with Gasteiger partial charge in [0, 0.05) is 10.7 Å². The van der Waals surface area contributed by atoms with Gasteiger partial charge >= 0.3 is 0 Å². The first-order chi connectivity index (χ1) is 10.1. The van der Waals surface area contributed by atoms with Crippen molar-refractivity contribution in [3.05, 3.63) is 52.8 Å². The van der Waals surface area contributed by atoms with Crippen LogP contribution in [-0.2, 0) is 4.79 Å². The van der Waals surface area contributed by atoms with Crippen molar-refractivity contribution < 1.29 is 14.3 Å². The second-order valence-electron chi connectivity index (χ2n) is 4.25. The van der Waals surface area contributed by atoms with E-state index < -0.39 is 17.9 Å². The number of nitrogens with one attached hydrogen (secondary N) is 3. The highest BCUT2D eigenvalue weighted by molar-refractivity contribution is 9.10. The molecule has 1 aromatic heterocycles. The summed E-state index contributed by atoms with van der Waals surface area (Å²) in [5.74, 6) is -0.307. The van der Waals surface area contributed by atoms with Crippen LogP contribution in [0.4, 0.5) is 0 Å². The zero-order valence-corrected chi connectivity index (χ0v) is 12.8. The van der Waals surface area contributed by atoms with Gasteiger partial charge in [0.05, 0.1) is 0 Å². The summed E-state index contributed by atoms with van der Waals surface area (Å²) in [5.41, 5.74) is 4.95. The number of halogens is 1. The Balaban J connectivity index is 1.82. The summed E-state index contributed by atoms with van der Waals surface area (Å²) in [7, 11) is 0. The van der Waals surface area contributed by atoms with Crippen molar-refractivity contribution in [2.45, 2.75) is 13.0 Å². The van der Waals surface area contributed by atoms with Crippen LogP contribution in [0.5, 0.6) is 5.75 Å². The first kappa shape index (κ1) is 15.1. The molecule has 1 atom stereocenters. The summed E-state index contributed by atoms with van der Waals surface area (Å²) in [5, 5.41) is 0. The largest absolute Gasteiger partial charge is 0.481 e. The number of carbonyl (C=O) groups is 2. The van der Waals surface area contributed by atoms with Crippen molar-refractivity contribution in [3.8, 4) is 5.75 Å². The zero-order valence-electron chi connectivity index (χ0n) is 11.2. The van der Waals surface area contributed by atoms with Crippen molar-refractivity contribution in [1.82, 2.24) is 15.8 Å². The summed E-state index contributed by atoms with van der Waals surface area (Å²) >= 11 is 3.22. The lowest BCUT2D eigenvalue weighted by molar-refractivity contribution is -0.128. The van der Waals surface area contributed by atoms with E-state index >= 15 is 0 Å². The molecule has 1 heterocycles. The molecule has 0 spiro atoms. The number of carbonyl (C=O) groups excluding carboxylic acids is 2. The SMILES string of the molecule is CC(Oc1ccccc1)C(=O)NNC(=O)c1cc(Br)c[nH]1. The molecule has 0 aliphatic rings. The number of hydrazine groups is 1. The lowest BCUT2D eigenvalue weighted by Crippen LogP contribution is -2.47. The van der Waals surface area contributed by atoms with Gasteiger partial charge in [-0.15, -0.1) is 0 Å². The number of hydrogen-bond acceptors (Lipinski definition) is 3. The number of amides is 2. The molecule has 2 aromatic rings. The Morgan fingerprint density at radius 3 is 2.57 bits per heavy atom. The minimum atomic E-state index is -0.733. The summed E-state index contributed by atoms with van der Waals surface area (Å²) in [6, 6.07) is 10.6. The Morgan fingerprint density at radius 2 is 1.95 bits per heavy atom. The summed E-state index contributed by atoms with van der Waals surface area (Å²) in [6.07, 6.45) is 0.890. The molecule has 0 saturated carbocycles. The molecule has 21 heavy (non-hydrogen) atoms. The Hall–Kier alpha value is -2.28. The average Bonchev–Trinajstić information content (AvgIpc) is 2.92. The van der Waals surface area contributed by atoms with E-state index in [4.69, 9.17) is 4.74 Å². The standard InChI is InChI=1S/C14H14BrN3O3/c1-9(21-11-5-3-2-4-6-11)13(19)17-18-14(20)12-7-10(15)8-16-12/h2-9,16H,1H3,(H,17,19)(H,18,20). The van der Waals surface area contributed by atoms with Gasteiger partial charge in [-0.1, -0.05) is 18.2 Å². The maximum absolute atomic E-state index is 11.8. The maximum Gasteiger partial charge on any atom is 0.286 e. The fourth-order valence-electron chi connectivity index (χ4n) is 1.54. The predicted octanol–water partition coefficient (Wildman–Crippen LogP) is 2.01. The highest BCUT2D eigenvalue weighted by Gasteiger charge is 2.16. The molecule has 6 nitrogen and oxygen atoms in total. The number of benzene rings is 1. The number of hydrogen-bond donors (Lipinski definition) is 3. The Morgan fingerprint density at radius 1 is 1.24 bits per heavy atom. The quantitative estimate of drug-likeness (QED) is 0.736. The molecule has 0 radical (unpaired) electrons. The zero-order chi connectivity index (χ0) is 15.2. The lowest BCUT2D eigenvalue weighted by atomic mass is 10.3. The van der Waals surface area contributed by atoms with Crippen LogP contribution in [0.1, 0.15) is 17.4 Å². The van der Waals surface area contributed by atoms with Gasteiger partial charge in [-0.05, 0) is 41.1 Å². The summed E-state index contributed by atoms with van der Waals surface area (Å²) < 4.78 is 6.19. The smallest absolute Gasteiger partial charge is 0.286 e. The number of rotatable bonds is 4. The van der Waals surface area contributed by atoms with E-state index in [9.17, 15) is 9.59 Å². The van der Waals surface area contributed by atoms with Gasteiger partial charge in [0.15, 0.2) is 6.10 Å². The van der Waals surface area contributed by atoms with Gasteiger partial charge in [-0.2, -0.15) is 0 Å². The molecule has 0 bridgehead atoms. The predicted molar refractivity (Wildman–Crippen MR) is 80.6 cm³/mol. The van der Waals surface area contributed by atoms with E-state index in [0.29, 0.717) is 11.4 Å². The molecule has 0 fully saturated rings. The van der Waals surface area contributed by atoms with Crippen LogP contribution in [0.2, 0.25) is 0 Å². The minimum Gasteiger partial charge on any atom is -0.481 e. The van der Waals surface area contributed by atoms with Gasteiger partial charge in [-0.3, -0.25) is 20.4 Å². The molecule has 2 amide bonds. The van der Waals surface area contributed by atoms with Gasteiger partial charge in [-0.25, -0.2) is 0 Å². The monoisotopic (exact) mass is 351 g/mol. The number of aromatic amines is 1. The van der Waals surface area contributed by atoms with Crippen LogP contribution >= 0.6 is 15.9 Å². The van der Waals surface area contributed by atoms with E-state index in [1.165, 1.54) is 0 Å². The molecular formula is C14H14BrN3O3. The average molecular weight is 352 g/mol. The molecule has 0 saturated heterocycles. The number of H-pyrrole nitrogens is 1. The maximum atomic E-state index is 11.8. The third-order valence-corrected chi connectivity index (χ3v) is 3.07. The third kappa shape index (κ3) is 4.35. The fraction of sp³-hybridized carbons (Fsp3) is 0.143. The Labute approximate surface area is 130 Å². The lowest BCUT2D eigenvalue weighted by Gasteiger charge is -2.14. The van der Waals surface area contributed by atoms with Crippen LogP contribution in [0.3, 0.4) is 0 Å². The van der Waals surface area contributed by atoms with Gasteiger partial charge in [0.25, 0.3) is 11.8 Å². The highest BCUT2D eigenvalue weighted by atomic mass is 79.9. The van der Waals surface area contributed by atoms with Crippen LogP contribution < -0.4 is 15.6 Å². The highest BCUT2D eigenvalue weighted by Crippen LogP contribution is 2.11. The first-order valence-electron chi connectivity index (χ1n) is 6.22. The molecular weight excluding hydrogens is 338 g/mol. The minimum absolute atomic E-state index is 0.332. The molecule has 7 heteroatoms. The van der Waals surface area contributed by atoms with Gasteiger partial charge < -0.3 is 9.72 Å². The normalized spacial score (nSPS) is 11.5. The molecule has 3 N–H and O–H groups in total. The number of para-hydroxylation sites is 1. The van der Waals surface area contributed by atoms with E-state index in [2.05, 4.69) is 31.8 Å². The summed E-state index contributed by atoms with van der Waals surface area (Å²) in [6.45, 7) is 1.60. The molecule has 2 rings (SSSR count). The van der Waals surface area contributed by atoms with Crippen molar-refractivity contribution in [2.24, 2.45) is 0 Å². The molecule has 110 valence electrons. The van der Waals surface area contributed by atoms with Crippen LogP contribution in [0, 0.1) is 0 Å². The van der Waals surface area contributed by atoms with Gasteiger partial charge in [0.1, 0.15) is 11.4 Å². The van der Waals surface area contributed by atoms with Crippen LogP contribution in [0.25, 0.3) is 0 Å². The molecule has 0 aliphatic heterocycles. The van der Waals surface area contributed by atoms with E-state index in [0.717, 1.165) is 4.47 Å². The summed E-state index contributed by atoms with van der Waals surface area (Å²) in [4.78, 5) is 26.3. The van der Waals surface area contributed by atoms with E-state index in [1.807, 2.05) is 18.2 Å². The molecule has 0 aliphatic carbocycles. The topological polar surface area (TPSA) is 83.2 Å². The molecule has 1 unspecified atom stereocenters. The van der Waals surface area contributed by atoms with Crippen LogP contribution in [0.15, 0.2) is 47.1 Å². The van der Waals surface area contributed by atoms with Crippen LogP contribution in [-0.4, -0.2) is 22.9 Å². The van der Waals surface area contributed by atoms with Crippen molar-refractivity contribution >= 4 is 27.7 Å². The number of ether oxygens (including phenoxy) is 1. The van der Waals surface area contributed by atoms with Crippen molar-refractivity contribution in [1.29, 1.82) is 0 Å². The van der Waals surface area contributed by atoms with Crippen molar-refractivity contribution in [3.63, 3.8) is 0 Å². The Kier molecular flexibility index (Phi) is 4.99. The second-order valence-corrected chi connectivity index (χ2v) is 5.16. The Bertz CT molecular complexity index is 627. The first-order valence-corrected chi connectivity index (χ1v) is 7.01. The second kappa shape index (κ2) is 6.94. The molecule has 1 aromatic carbocycles. The van der Waals surface area contributed by atoms with Gasteiger partial charge in [0.2, 0.25) is 0 Å². The fourth-order valence-corrected chi connectivity index (χ4v) is 1.89. The third-order valence-electron chi connectivity index (χ3n) is 2.62. The van der Waals surface area contributed by atoms with Crippen molar-refractivity contribution in [2.75, 3.05) is 0 Å².